The third-order valence-corrected chi connectivity index (χ3v) is 4.29. The Hall–Kier alpha value is -1.06. The summed E-state index contributed by atoms with van der Waals surface area (Å²) >= 11 is 6.23. The summed E-state index contributed by atoms with van der Waals surface area (Å²) < 4.78 is 0. The molecule has 0 aliphatic heterocycles. The molecule has 1 fully saturated rings. The van der Waals surface area contributed by atoms with E-state index in [0.717, 1.165) is 31.2 Å². The smallest absolute Gasteiger partial charge is 0.255 e. The van der Waals surface area contributed by atoms with Crippen LogP contribution in [0.4, 0.5) is 0 Å². The molecule has 0 spiro atoms. The quantitative estimate of drug-likeness (QED) is 0.922. The van der Waals surface area contributed by atoms with Crippen LogP contribution in [0.3, 0.4) is 0 Å². The molecule has 0 heterocycles. The van der Waals surface area contributed by atoms with E-state index in [4.69, 9.17) is 11.6 Å². The molecule has 2 rings (SSSR count). The fourth-order valence-electron chi connectivity index (χ4n) is 2.74. The molecule has 0 unspecified atom stereocenters. The van der Waals surface area contributed by atoms with Crippen molar-refractivity contribution < 1.29 is 9.90 Å². The summed E-state index contributed by atoms with van der Waals surface area (Å²) in [4.78, 5) is 14.4. The molecule has 4 heteroatoms. The number of benzene rings is 1. The van der Waals surface area contributed by atoms with Gasteiger partial charge >= 0.3 is 0 Å². The monoisotopic (exact) mass is 281 g/mol. The molecule has 1 aromatic carbocycles. The van der Waals surface area contributed by atoms with Crippen LogP contribution < -0.4 is 0 Å². The highest BCUT2D eigenvalue weighted by Gasteiger charge is 2.28. The molecule has 19 heavy (non-hydrogen) atoms. The average Bonchev–Trinajstić information content (AvgIpc) is 2.92. The van der Waals surface area contributed by atoms with Crippen LogP contribution in [-0.4, -0.2) is 35.1 Å². The van der Waals surface area contributed by atoms with Crippen molar-refractivity contribution >= 4 is 17.5 Å². The lowest BCUT2D eigenvalue weighted by molar-refractivity contribution is 0.0638. The number of amides is 1. The van der Waals surface area contributed by atoms with Crippen LogP contribution in [0.15, 0.2) is 18.2 Å². The largest absolute Gasteiger partial charge is 0.395 e. The van der Waals surface area contributed by atoms with Gasteiger partial charge in [-0.05, 0) is 31.4 Å². The zero-order chi connectivity index (χ0) is 13.8. The number of carbonyl (C=O) groups is 1. The summed E-state index contributed by atoms with van der Waals surface area (Å²) in [5.74, 6) is -0.0605. The van der Waals surface area contributed by atoms with Crippen molar-refractivity contribution in [3.63, 3.8) is 0 Å². The summed E-state index contributed by atoms with van der Waals surface area (Å²) in [6.45, 7) is 2.27. The lowest BCUT2D eigenvalue weighted by atomic mass is 10.1. The Labute approximate surface area is 119 Å². The first kappa shape index (κ1) is 14.4. The minimum atomic E-state index is -0.0605. The number of carbonyl (C=O) groups excluding carboxylic acids is 1. The Kier molecular flexibility index (Phi) is 4.83. The van der Waals surface area contributed by atoms with Gasteiger partial charge in [0.15, 0.2) is 0 Å². The van der Waals surface area contributed by atoms with Crippen LogP contribution in [0.5, 0.6) is 0 Å². The van der Waals surface area contributed by atoms with Gasteiger partial charge in [-0.25, -0.2) is 0 Å². The van der Waals surface area contributed by atoms with Crippen molar-refractivity contribution in [1.29, 1.82) is 0 Å². The molecule has 3 nitrogen and oxygen atoms in total. The fraction of sp³-hybridized carbons (Fsp3) is 0.533. The number of hydrogen-bond acceptors (Lipinski definition) is 2. The maximum absolute atomic E-state index is 12.6. The molecule has 1 N–H and O–H groups in total. The van der Waals surface area contributed by atoms with Crippen molar-refractivity contribution in [2.75, 3.05) is 13.2 Å². The summed E-state index contributed by atoms with van der Waals surface area (Å²) in [6.07, 6.45) is 4.35. The van der Waals surface area contributed by atoms with Gasteiger partial charge in [0.2, 0.25) is 0 Å². The number of aryl methyl sites for hydroxylation is 1. The molecule has 1 aliphatic rings. The van der Waals surface area contributed by atoms with Gasteiger partial charge in [-0.1, -0.05) is 36.6 Å². The predicted molar refractivity (Wildman–Crippen MR) is 76.6 cm³/mol. The van der Waals surface area contributed by atoms with Gasteiger partial charge in [-0.2, -0.15) is 0 Å². The van der Waals surface area contributed by atoms with E-state index >= 15 is 0 Å². The highest BCUT2D eigenvalue weighted by Crippen LogP contribution is 2.27. The number of rotatable bonds is 4. The highest BCUT2D eigenvalue weighted by molar-refractivity contribution is 6.34. The highest BCUT2D eigenvalue weighted by atomic mass is 35.5. The topological polar surface area (TPSA) is 40.5 Å². The van der Waals surface area contributed by atoms with Gasteiger partial charge in [0, 0.05) is 12.6 Å². The number of hydrogen-bond donors (Lipinski definition) is 1. The van der Waals surface area contributed by atoms with E-state index in [-0.39, 0.29) is 18.6 Å². The molecule has 0 atom stereocenters. The van der Waals surface area contributed by atoms with E-state index in [1.807, 2.05) is 19.1 Å². The number of aliphatic hydroxyl groups excluding tert-OH is 1. The first-order valence-electron chi connectivity index (χ1n) is 6.82. The molecule has 1 amide bonds. The van der Waals surface area contributed by atoms with Crippen molar-refractivity contribution in [1.82, 2.24) is 4.90 Å². The summed E-state index contributed by atoms with van der Waals surface area (Å²) in [7, 11) is 0. The zero-order valence-electron chi connectivity index (χ0n) is 11.2. The van der Waals surface area contributed by atoms with Crippen LogP contribution in [0, 0.1) is 6.92 Å². The van der Waals surface area contributed by atoms with Crippen LogP contribution in [0.1, 0.15) is 41.6 Å². The summed E-state index contributed by atoms with van der Waals surface area (Å²) in [6, 6.07) is 5.75. The SMILES string of the molecule is Cc1cccc(C(=O)N(CCO)C2CCCC2)c1Cl. The Morgan fingerprint density at radius 3 is 2.74 bits per heavy atom. The maximum atomic E-state index is 12.6. The minimum Gasteiger partial charge on any atom is -0.395 e. The molecule has 0 saturated heterocycles. The van der Waals surface area contributed by atoms with Crippen LogP contribution >= 0.6 is 11.6 Å². The van der Waals surface area contributed by atoms with Crippen LogP contribution in [0.25, 0.3) is 0 Å². The molecular weight excluding hydrogens is 262 g/mol. The Bertz CT molecular complexity index is 455. The average molecular weight is 282 g/mol. The van der Waals surface area contributed by atoms with E-state index in [1.54, 1.807) is 11.0 Å². The van der Waals surface area contributed by atoms with Gasteiger partial charge in [0.25, 0.3) is 5.91 Å². The first-order valence-corrected chi connectivity index (χ1v) is 7.20. The van der Waals surface area contributed by atoms with Gasteiger partial charge in [-0.15, -0.1) is 0 Å². The normalized spacial score (nSPS) is 15.7. The summed E-state index contributed by atoms with van der Waals surface area (Å²) in [5.41, 5.74) is 1.45. The van der Waals surface area contributed by atoms with E-state index in [0.29, 0.717) is 17.1 Å². The van der Waals surface area contributed by atoms with Gasteiger partial charge in [0.05, 0.1) is 17.2 Å². The predicted octanol–water partition coefficient (Wildman–Crippen LogP) is 3.03. The lowest BCUT2D eigenvalue weighted by Gasteiger charge is -2.29. The standard InChI is InChI=1S/C15H20ClNO2/c1-11-5-4-8-13(14(11)16)15(19)17(9-10-18)12-6-2-3-7-12/h4-5,8,12,18H,2-3,6-7,9-10H2,1H3. The van der Waals surface area contributed by atoms with Crippen molar-refractivity contribution in [3.8, 4) is 0 Å². The second-order valence-corrected chi connectivity index (χ2v) is 5.47. The molecular formula is C15H20ClNO2. The van der Waals surface area contributed by atoms with E-state index in [2.05, 4.69) is 0 Å². The fourth-order valence-corrected chi connectivity index (χ4v) is 2.95. The molecule has 104 valence electrons. The Morgan fingerprint density at radius 2 is 2.11 bits per heavy atom. The van der Waals surface area contributed by atoms with E-state index in [9.17, 15) is 9.90 Å². The first-order chi connectivity index (χ1) is 9.15. The molecule has 0 radical (unpaired) electrons. The van der Waals surface area contributed by atoms with Gasteiger partial charge in [0.1, 0.15) is 0 Å². The lowest BCUT2D eigenvalue weighted by Crippen LogP contribution is -2.40. The third kappa shape index (κ3) is 3.10. The van der Waals surface area contributed by atoms with Crippen molar-refractivity contribution in [2.45, 2.75) is 38.6 Å². The molecule has 0 aromatic heterocycles. The summed E-state index contributed by atoms with van der Waals surface area (Å²) in [5, 5.41) is 9.71. The van der Waals surface area contributed by atoms with Crippen molar-refractivity contribution in [3.05, 3.63) is 34.3 Å². The second-order valence-electron chi connectivity index (χ2n) is 5.10. The van der Waals surface area contributed by atoms with Gasteiger partial charge in [-0.3, -0.25) is 4.79 Å². The second kappa shape index (κ2) is 6.40. The van der Waals surface area contributed by atoms with E-state index < -0.39 is 0 Å². The molecule has 1 aromatic rings. The van der Waals surface area contributed by atoms with Crippen LogP contribution in [-0.2, 0) is 0 Å². The molecule has 1 saturated carbocycles. The minimum absolute atomic E-state index is 0.00826. The Balaban J connectivity index is 2.25. The molecule has 1 aliphatic carbocycles. The molecule has 0 bridgehead atoms. The van der Waals surface area contributed by atoms with E-state index in [1.165, 1.54) is 0 Å². The number of aliphatic hydroxyl groups is 1. The maximum Gasteiger partial charge on any atom is 0.255 e. The zero-order valence-corrected chi connectivity index (χ0v) is 12.0. The van der Waals surface area contributed by atoms with Crippen molar-refractivity contribution in [2.24, 2.45) is 0 Å². The number of nitrogens with zero attached hydrogens (tertiary/aromatic N) is 1. The number of halogens is 1. The van der Waals surface area contributed by atoms with Gasteiger partial charge < -0.3 is 10.0 Å². The third-order valence-electron chi connectivity index (χ3n) is 3.79. The Morgan fingerprint density at radius 1 is 1.42 bits per heavy atom. The van der Waals surface area contributed by atoms with Crippen LogP contribution in [0.2, 0.25) is 5.02 Å².